The van der Waals surface area contributed by atoms with Gasteiger partial charge in [0.25, 0.3) is 0 Å². The highest BCUT2D eigenvalue weighted by atomic mass is 16.5. The van der Waals surface area contributed by atoms with Crippen LogP contribution in [0.5, 0.6) is 11.5 Å². The third-order valence-electron chi connectivity index (χ3n) is 4.44. The van der Waals surface area contributed by atoms with E-state index in [1.54, 1.807) is 13.2 Å². The summed E-state index contributed by atoms with van der Waals surface area (Å²) in [7, 11) is 1.62. The average molecular weight is 402 g/mol. The standard InChI is InChI=1S/C25H26N2O3/c1-28-14-15-29-25-16-21(30-18-19-8-4-2-5-9-19)12-13-22(25)24(27)17-23(26)20-10-6-3-7-11-20/h2-13,16-17,26H,14-15,18,27H2,1H3/b24-17-,26-23?. The van der Waals surface area contributed by atoms with Crippen LogP contribution in [0.3, 0.4) is 0 Å². The molecule has 0 fully saturated rings. The van der Waals surface area contributed by atoms with Crippen molar-refractivity contribution in [3.05, 3.63) is 102 Å². The number of methoxy groups -OCH3 is 1. The fourth-order valence-electron chi connectivity index (χ4n) is 2.86. The van der Waals surface area contributed by atoms with Crippen LogP contribution in [0.4, 0.5) is 0 Å². The molecule has 0 radical (unpaired) electrons. The second kappa shape index (κ2) is 10.8. The summed E-state index contributed by atoms with van der Waals surface area (Å²) in [5.74, 6) is 1.27. The maximum absolute atomic E-state index is 8.31. The van der Waals surface area contributed by atoms with Crippen molar-refractivity contribution < 1.29 is 14.2 Å². The summed E-state index contributed by atoms with van der Waals surface area (Å²) in [4.78, 5) is 0. The van der Waals surface area contributed by atoms with Crippen LogP contribution in [0.25, 0.3) is 5.70 Å². The molecule has 3 N–H and O–H groups in total. The summed E-state index contributed by atoms with van der Waals surface area (Å²) in [5.41, 5.74) is 9.69. The monoisotopic (exact) mass is 402 g/mol. The zero-order valence-corrected chi connectivity index (χ0v) is 17.0. The Morgan fingerprint density at radius 3 is 2.30 bits per heavy atom. The van der Waals surface area contributed by atoms with Crippen molar-refractivity contribution in [2.75, 3.05) is 20.3 Å². The largest absolute Gasteiger partial charge is 0.490 e. The first-order chi connectivity index (χ1) is 14.7. The molecular weight excluding hydrogens is 376 g/mol. The molecule has 0 spiro atoms. The lowest BCUT2D eigenvalue weighted by Gasteiger charge is -2.14. The first-order valence-corrected chi connectivity index (χ1v) is 9.71. The van der Waals surface area contributed by atoms with E-state index in [0.717, 1.165) is 11.1 Å². The molecule has 5 heteroatoms. The van der Waals surface area contributed by atoms with Gasteiger partial charge in [-0.1, -0.05) is 60.7 Å². The van der Waals surface area contributed by atoms with Crippen LogP contribution in [0.1, 0.15) is 16.7 Å². The van der Waals surface area contributed by atoms with E-state index in [-0.39, 0.29) is 0 Å². The molecule has 0 heterocycles. The molecule has 0 aliphatic rings. The van der Waals surface area contributed by atoms with Gasteiger partial charge < -0.3 is 25.4 Å². The van der Waals surface area contributed by atoms with Gasteiger partial charge in [0.2, 0.25) is 0 Å². The van der Waals surface area contributed by atoms with E-state index in [1.807, 2.05) is 78.9 Å². The topological polar surface area (TPSA) is 77.6 Å². The number of ether oxygens (including phenoxy) is 3. The Labute approximate surface area is 177 Å². The summed E-state index contributed by atoms with van der Waals surface area (Å²) in [6.45, 7) is 1.30. The smallest absolute Gasteiger partial charge is 0.132 e. The molecule has 0 unspecified atom stereocenters. The van der Waals surface area contributed by atoms with Crippen LogP contribution in [0, 0.1) is 5.41 Å². The van der Waals surface area contributed by atoms with E-state index in [2.05, 4.69) is 0 Å². The number of nitrogens with two attached hydrogens (primary N) is 1. The van der Waals surface area contributed by atoms with Gasteiger partial charge in [-0.05, 0) is 29.3 Å². The van der Waals surface area contributed by atoms with Gasteiger partial charge in [-0.2, -0.15) is 0 Å². The lowest BCUT2D eigenvalue weighted by atomic mass is 10.1. The lowest BCUT2D eigenvalue weighted by Crippen LogP contribution is -2.09. The summed E-state index contributed by atoms with van der Waals surface area (Å²) in [6.07, 6.45) is 1.64. The van der Waals surface area contributed by atoms with Crippen LogP contribution >= 0.6 is 0 Å². The van der Waals surface area contributed by atoms with Crippen molar-refractivity contribution in [1.82, 2.24) is 0 Å². The van der Waals surface area contributed by atoms with Gasteiger partial charge in [0.15, 0.2) is 0 Å². The van der Waals surface area contributed by atoms with Gasteiger partial charge in [0.1, 0.15) is 24.7 Å². The number of rotatable bonds is 10. The van der Waals surface area contributed by atoms with E-state index in [4.69, 9.17) is 25.4 Å². The highest BCUT2D eigenvalue weighted by Gasteiger charge is 2.11. The average Bonchev–Trinajstić information content (AvgIpc) is 2.79. The van der Waals surface area contributed by atoms with E-state index in [9.17, 15) is 0 Å². The minimum atomic E-state index is 0.334. The molecule has 0 amide bonds. The molecule has 0 atom stereocenters. The SMILES string of the molecule is COCCOc1cc(OCc2ccccc2)ccc1/C(N)=C/C(=N)c1ccccc1. The maximum Gasteiger partial charge on any atom is 0.132 e. The third-order valence-corrected chi connectivity index (χ3v) is 4.44. The minimum absolute atomic E-state index is 0.334. The highest BCUT2D eigenvalue weighted by Crippen LogP contribution is 2.29. The van der Waals surface area contributed by atoms with Crippen LogP contribution in [-0.4, -0.2) is 26.0 Å². The Kier molecular flexibility index (Phi) is 7.64. The predicted octanol–water partition coefficient (Wildman–Crippen LogP) is 4.66. The van der Waals surface area contributed by atoms with Gasteiger partial charge in [-0.25, -0.2) is 0 Å². The van der Waals surface area contributed by atoms with Crippen molar-refractivity contribution in [1.29, 1.82) is 5.41 Å². The molecule has 0 saturated heterocycles. The molecule has 154 valence electrons. The predicted molar refractivity (Wildman–Crippen MR) is 120 cm³/mol. The van der Waals surface area contributed by atoms with Crippen LogP contribution < -0.4 is 15.2 Å². The highest BCUT2D eigenvalue weighted by molar-refractivity contribution is 6.10. The van der Waals surface area contributed by atoms with Gasteiger partial charge in [-0.3, -0.25) is 0 Å². The van der Waals surface area contributed by atoms with Gasteiger partial charge in [0, 0.05) is 24.4 Å². The molecular formula is C25H26N2O3. The van der Waals surface area contributed by atoms with Crippen molar-refractivity contribution in [2.45, 2.75) is 6.61 Å². The summed E-state index contributed by atoms with van der Waals surface area (Å²) in [5, 5.41) is 8.31. The normalized spacial score (nSPS) is 11.2. The second-order valence-corrected chi connectivity index (χ2v) is 6.65. The Balaban J connectivity index is 1.81. The lowest BCUT2D eigenvalue weighted by molar-refractivity contribution is 0.146. The quantitative estimate of drug-likeness (QED) is 0.382. The molecule has 30 heavy (non-hydrogen) atoms. The number of nitrogens with one attached hydrogen (secondary N) is 1. The van der Waals surface area contributed by atoms with Gasteiger partial charge in [0.05, 0.1) is 12.3 Å². The van der Waals surface area contributed by atoms with Crippen LogP contribution in [0.15, 0.2) is 84.9 Å². The maximum atomic E-state index is 8.31. The zero-order valence-electron chi connectivity index (χ0n) is 17.0. The summed E-state index contributed by atoms with van der Waals surface area (Å²) < 4.78 is 16.9. The van der Waals surface area contributed by atoms with Crippen molar-refractivity contribution in [3.8, 4) is 11.5 Å². The number of allylic oxidation sites excluding steroid dienone is 1. The molecule has 3 rings (SSSR count). The van der Waals surface area contributed by atoms with E-state index in [1.165, 1.54) is 0 Å². The van der Waals surface area contributed by atoms with E-state index < -0.39 is 0 Å². The van der Waals surface area contributed by atoms with Crippen LogP contribution in [-0.2, 0) is 11.3 Å². The fraction of sp³-hybridized carbons (Fsp3) is 0.160. The molecule has 3 aromatic carbocycles. The first-order valence-electron chi connectivity index (χ1n) is 9.71. The van der Waals surface area contributed by atoms with Crippen molar-refractivity contribution in [3.63, 3.8) is 0 Å². The van der Waals surface area contributed by atoms with Crippen molar-refractivity contribution in [2.24, 2.45) is 5.73 Å². The molecule has 0 bridgehead atoms. The Morgan fingerprint density at radius 1 is 0.900 bits per heavy atom. The van der Waals surface area contributed by atoms with Gasteiger partial charge in [-0.15, -0.1) is 0 Å². The fourth-order valence-corrected chi connectivity index (χ4v) is 2.86. The van der Waals surface area contributed by atoms with Crippen LogP contribution in [0.2, 0.25) is 0 Å². The number of hydrogen-bond donors (Lipinski definition) is 2. The summed E-state index contributed by atoms with van der Waals surface area (Å²) in [6, 6.07) is 25.0. The molecule has 0 aromatic heterocycles. The van der Waals surface area contributed by atoms with E-state index in [0.29, 0.717) is 48.3 Å². The molecule has 0 aliphatic carbocycles. The molecule has 0 saturated carbocycles. The Hall–Kier alpha value is -3.57. The van der Waals surface area contributed by atoms with Gasteiger partial charge >= 0.3 is 0 Å². The Bertz CT molecular complexity index is 986. The zero-order chi connectivity index (χ0) is 21.2. The van der Waals surface area contributed by atoms with Crippen molar-refractivity contribution >= 4 is 11.4 Å². The Morgan fingerprint density at radius 2 is 1.60 bits per heavy atom. The van der Waals surface area contributed by atoms with E-state index >= 15 is 0 Å². The minimum Gasteiger partial charge on any atom is -0.490 e. The summed E-state index contributed by atoms with van der Waals surface area (Å²) >= 11 is 0. The second-order valence-electron chi connectivity index (χ2n) is 6.65. The molecule has 3 aromatic rings. The number of benzene rings is 3. The molecule has 0 aliphatic heterocycles. The third kappa shape index (κ3) is 5.96. The molecule has 5 nitrogen and oxygen atoms in total. The first kappa shape index (κ1) is 21.1. The number of hydrogen-bond acceptors (Lipinski definition) is 5.